The van der Waals surface area contributed by atoms with E-state index in [-0.39, 0.29) is 0 Å². The second-order valence-corrected chi connectivity index (χ2v) is 4.31. The van der Waals surface area contributed by atoms with E-state index in [1.165, 1.54) is 16.7 Å². The minimum Gasteiger partial charge on any atom is -0.303 e. The van der Waals surface area contributed by atoms with Gasteiger partial charge in [0.05, 0.1) is 0 Å². The van der Waals surface area contributed by atoms with Gasteiger partial charge >= 0.3 is 0 Å². The van der Waals surface area contributed by atoms with E-state index in [1.807, 2.05) is 18.2 Å². The van der Waals surface area contributed by atoms with E-state index in [2.05, 4.69) is 37.3 Å². The van der Waals surface area contributed by atoms with Crippen molar-refractivity contribution in [2.24, 2.45) is 0 Å². The molecule has 0 aliphatic carbocycles. The lowest BCUT2D eigenvalue weighted by Crippen LogP contribution is -1.97. The normalized spacial score (nSPS) is 10.2. The zero-order valence-electron chi connectivity index (χ0n) is 10.0. The third-order valence-corrected chi connectivity index (χ3v) is 2.90. The highest BCUT2D eigenvalue weighted by Gasteiger charge is 2.03. The number of carbonyl (C=O) groups excluding carboxylic acids is 1. The average Bonchev–Trinajstić information content (AvgIpc) is 2.34. The van der Waals surface area contributed by atoms with E-state index in [0.29, 0.717) is 6.42 Å². The predicted molar refractivity (Wildman–Crippen MR) is 70.2 cm³/mol. The minimum absolute atomic E-state index is 0.502. The molecule has 0 heterocycles. The van der Waals surface area contributed by atoms with E-state index in [0.717, 1.165) is 18.3 Å². The van der Waals surface area contributed by atoms with Crippen LogP contribution in [-0.4, -0.2) is 6.29 Å². The fourth-order valence-electron chi connectivity index (χ4n) is 2.02. The molecule has 0 radical (unpaired) electrons. The molecule has 0 saturated carbocycles. The fraction of sp³-hybridized carbons (Fsp3) is 0.188. The molecule has 17 heavy (non-hydrogen) atoms. The molecule has 0 N–H and O–H groups in total. The number of benzene rings is 2. The van der Waals surface area contributed by atoms with Gasteiger partial charge in [0.1, 0.15) is 6.29 Å². The molecule has 0 unspecified atom stereocenters. The molecule has 2 aromatic carbocycles. The van der Waals surface area contributed by atoms with Crippen molar-refractivity contribution in [1.82, 2.24) is 0 Å². The van der Waals surface area contributed by atoms with Crippen molar-refractivity contribution in [1.29, 1.82) is 0 Å². The molecule has 86 valence electrons. The summed E-state index contributed by atoms with van der Waals surface area (Å²) in [5.74, 6) is 0. The fourth-order valence-corrected chi connectivity index (χ4v) is 2.02. The highest BCUT2D eigenvalue weighted by molar-refractivity contribution is 5.56. The van der Waals surface area contributed by atoms with Crippen molar-refractivity contribution in [3.8, 4) is 0 Å². The highest BCUT2D eigenvalue weighted by Crippen LogP contribution is 2.16. The van der Waals surface area contributed by atoms with E-state index in [9.17, 15) is 4.79 Å². The lowest BCUT2D eigenvalue weighted by atomic mass is 9.96. The largest absolute Gasteiger partial charge is 0.303 e. The number of hydrogen-bond acceptors (Lipinski definition) is 1. The Morgan fingerprint density at radius 3 is 2.47 bits per heavy atom. The third kappa shape index (κ3) is 3.04. The lowest BCUT2D eigenvalue weighted by molar-refractivity contribution is -0.107. The van der Waals surface area contributed by atoms with Gasteiger partial charge in [0.15, 0.2) is 0 Å². The van der Waals surface area contributed by atoms with Gasteiger partial charge in [0.25, 0.3) is 0 Å². The Hall–Kier alpha value is -1.89. The Morgan fingerprint density at radius 1 is 1.00 bits per heavy atom. The number of carbonyl (C=O) groups is 1. The quantitative estimate of drug-likeness (QED) is 0.728. The minimum atomic E-state index is 0.502. The van der Waals surface area contributed by atoms with Crippen molar-refractivity contribution in [2.45, 2.75) is 19.8 Å². The molecule has 0 bridgehead atoms. The summed E-state index contributed by atoms with van der Waals surface area (Å²) in [6, 6.07) is 16.6. The summed E-state index contributed by atoms with van der Waals surface area (Å²) in [6.45, 7) is 2.08. The molecule has 1 nitrogen and oxygen atoms in total. The third-order valence-electron chi connectivity index (χ3n) is 2.90. The zero-order valence-corrected chi connectivity index (χ0v) is 10.0. The van der Waals surface area contributed by atoms with Gasteiger partial charge in [-0.05, 0) is 30.0 Å². The summed E-state index contributed by atoms with van der Waals surface area (Å²) in [5, 5.41) is 0. The first-order valence-electron chi connectivity index (χ1n) is 5.85. The van der Waals surface area contributed by atoms with E-state index in [4.69, 9.17) is 0 Å². The summed E-state index contributed by atoms with van der Waals surface area (Å²) < 4.78 is 0. The molecule has 0 aliphatic heterocycles. The lowest BCUT2D eigenvalue weighted by Gasteiger charge is -2.08. The second kappa shape index (κ2) is 5.44. The SMILES string of the molecule is Cc1ccc(CC=O)c(Cc2ccccc2)c1. The van der Waals surface area contributed by atoms with Crippen molar-refractivity contribution >= 4 is 6.29 Å². The number of aldehydes is 1. The molecule has 0 aliphatic rings. The molecule has 0 amide bonds. The number of rotatable bonds is 4. The second-order valence-electron chi connectivity index (χ2n) is 4.31. The standard InChI is InChI=1S/C16H16O/c1-13-7-8-15(9-10-17)16(11-13)12-14-5-3-2-4-6-14/h2-8,10-11H,9,12H2,1H3. The van der Waals surface area contributed by atoms with Crippen LogP contribution in [0.4, 0.5) is 0 Å². The average molecular weight is 224 g/mol. The molecule has 0 fully saturated rings. The van der Waals surface area contributed by atoms with Crippen LogP contribution < -0.4 is 0 Å². The topological polar surface area (TPSA) is 17.1 Å². The van der Waals surface area contributed by atoms with Crippen molar-refractivity contribution in [2.75, 3.05) is 0 Å². The van der Waals surface area contributed by atoms with Crippen LogP contribution in [0.2, 0.25) is 0 Å². The molecule has 0 saturated heterocycles. The van der Waals surface area contributed by atoms with Crippen LogP contribution in [0.3, 0.4) is 0 Å². The Kier molecular flexibility index (Phi) is 3.71. The van der Waals surface area contributed by atoms with Gasteiger partial charge in [0.2, 0.25) is 0 Å². The summed E-state index contributed by atoms with van der Waals surface area (Å²) in [6.07, 6.45) is 2.37. The van der Waals surface area contributed by atoms with Gasteiger partial charge in [-0.25, -0.2) is 0 Å². The predicted octanol–water partition coefficient (Wildman–Crippen LogP) is 3.33. The molecule has 2 rings (SSSR count). The van der Waals surface area contributed by atoms with E-state index < -0.39 is 0 Å². The molecular formula is C16H16O. The Balaban J connectivity index is 2.30. The van der Waals surface area contributed by atoms with Crippen LogP contribution in [0.5, 0.6) is 0 Å². The number of aryl methyl sites for hydroxylation is 1. The van der Waals surface area contributed by atoms with Gasteiger partial charge < -0.3 is 4.79 Å². The van der Waals surface area contributed by atoms with Crippen LogP contribution in [-0.2, 0) is 17.6 Å². The zero-order chi connectivity index (χ0) is 12.1. The maximum atomic E-state index is 10.7. The van der Waals surface area contributed by atoms with Gasteiger partial charge in [-0.3, -0.25) is 0 Å². The maximum absolute atomic E-state index is 10.7. The van der Waals surface area contributed by atoms with Gasteiger partial charge in [-0.15, -0.1) is 0 Å². The van der Waals surface area contributed by atoms with Gasteiger partial charge in [0, 0.05) is 6.42 Å². The Bertz CT molecular complexity index is 500. The molecule has 0 spiro atoms. The number of hydrogen-bond donors (Lipinski definition) is 0. The highest BCUT2D eigenvalue weighted by atomic mass is 16.1. The summed E-state index contributed by atoms with van der Waals surface area (Å²) >= 11 is 0. The summed E-state index contributed by atoms with van der Waals surface area (Å²) in [4.78, 5) is 10.7. The van der Waals surface area contributed by atoms with Crippen LogP contribution in [0.15, 0.2) is 48.5 Å². The molecular weight excluding hydrogens is 208 g/mol. The monoisotopic (exact) mass is 224 g/mol. The van der Waals surface area contributed by atoms with Crippen LogP contribution in [0.25, 0.3) is 0 Å². The van der Waals surface area contributed by atoms with Crippen molar-refractivity contribution < 1.29 is 4.79 Å². The molecule has 2 aromatic rings. The Morgan fingerprint density at radius 2 is 1.76 bits per heavy atom. The summed E-state index contributed by atoms with van der Waals surface area (Å²) in [7, 11) is 0. The Labute approximate surface area is 102 Å². The van der Waals surface area contributed by atoms with Gasteiger partial charge in [-0.1, -0.05) is 54.1 Å². The molecule has 0 atom stereocenters. The van der Waals surface area contributed by atoms with Crippen LogP contribution >= 0.6 is 0 Å². The van der Waals surface area contributed by atoms with Gasteiger partial charge in [-0.2, -0.15) is 0 Å². The molecule has 1 heteroatoms. The maximum Gasteiger partial charge on any atom is 0.124 e. The van der Waals surface area contributed by atoms with Crippen LogP contribution in [0, 0.1) is 6.92 Å². The smallest absolute Gasteiger partial charge is 0.124 e. The first-order valence-corrected chi connectivity index (χ1v) is 5.85. The molecule has 0 aromatic heterocycles. The van der Waals surface area contributed by atoms with E-state index >= 15 is 0 Å². The summed E-state index contributed by atoms with van der Waals surface area (Å²) in [5.41, 5.74) is 4.91. The first-order chi connectivity index (χ1) is 8.29. The first kappa shape index (κ1) is 11.6. The van der Waals surface area contributed by atoms with Crippen molar-refractivity contribution in [3.63, 3.8) is 0 Å². The van der Waals surface area contributed by atoms with Crippen molar-refractivity contribution in [3.05, 3.63) is 70.8 Å². The van der Waals surface area contributed by atoms with Crippen LogP contribution in [0.1, 0.15) is 22.3 Å². The van der Waals surface area contributed by atoms with E-state index in [1.54, 1.807) is 0 Å².